The molecule has 0 bridgehead atoms. The SMILES string of the molecule is CCOC(=O)CCCOc1ccc(F)c(CCCn2nc(C(c3ccccc3)c3ccccc3)ccc2=O)c1. The Labute approximate surface area is 228 Å². The van der Waals surface area contributed by atoms with E-state index in [0.717, 1.165) is 16.8 Å². The van der Waals surface area contributed by atoms with E-state index in [1.165, 1.54) is 10.7 Å². The summed E-state index contributed by atoms with van der Waals surface area (Å²) in [5, 5.41) is 4.72. The number of rotatable bonds is 13. The van der Waals surface area contributed by atoms with Crippen molar-refractivity contribution in [3.05, 3.63) is 130 Å². The number of nitrogens with zero attached hydrogens (tertiary/aromatic N) is 2. The Kier molecular flexibility index (Phi) is 10.0. The molecule has 0 aliphatic rings. The van der Waals surface area contributed by atoms with Crippen molar-refractivity contribution in [3.63, 3.8) is 0 Å². The van der Waals surface area contributed by atoms with Gasteiger partial charge in [0.25, 0.3) is 5.56 Å². The van der Waals surface area contributed by atoms with E-state index in [9.17, 15) is 14.0 Å². The molecule has 0 atom stereocenters. The highest BCUT2D eigenvalue weighted by Crippen LogP contribution is 2.30. The third kappa shape index (κ3) is 7.87. The lowest BCUT2D eigenvalue weighted by Crippen LogP contribution is -2.24. The Morgan fingerprint density at radius 1 is 0.923 bits per heavy atom. The summed E-state index contributed by atoms with van der Waals surface area (Å²) in [6, 6.07) is 28.1. The number of esters is 1. The van der Waals surface area contributed by atoms with Crippen LogP contribution in [0.2, 0.25) is 0 Å². The van der Waals surface area contributed by atoms with Gasteiger partial charge in [0.2, 0.25) is 0 Å². The maximum absolute atomic E-state index is 14.5. The van der Waals surface area contributed by atoms with Gasteiger partial charge in [-0.15, -0.1) is 0 Å². The fourth-order valence-electron chi connectivity index (χ4n) is 4.50. The molecule has 3 aromatic carbocycles. The minimum absolute atomic E-state index is 0.116. The van der Waals surface area contributed by atoms with Gasteiger partial charge in [0.1, 0.15) is 11.6 Å². The number of carbonyl (C=O) groups excluding carboxylic acids is 1. The van der Waals surface area contributed by atoms with E-state index in [0.29, 0.717) is 50.3 Å². The number of halogens is 1. The van der Waals surface area contributed by atoms with Gasteiger partial charge in [0.05, 0.1) is 24.8 Å². The largest absolute Gasteiger partial charge is 0.494 e. The lowest BCUT2D eigenvalue weighted by molar-refractivity contribution is -0.143. The Morgan fingerprint density at radius 3 is 2.28 bits per heavy atom. The molecule has 39 heavy (non-hydrogen) atoms. The van der Waals surface area contributed by atoms with Crippen LogP contribution in [0.25, 0.3) is 0 Å². The van der Waals surface area contributed by atoms with E-state index < -0.39 is 0 Å². The summed E-state index contributed by atoms with van der Waals surface area (Å²) >= 11 is 0. The highest BCUT2D eigenvalue weighted by molar-refractivity contribution is 5.69. The van der Waals surface area contributed by atoms with Gasteiger partial charge in [-0.05, 0) is 67.1 Å². The number of aryl methyl sites for hydroxylation is 2. The van der Waals surface area contributed by atoms with Crippen LogP contribution in [0.3, 0.4) is 0 Å². The van der Waals surface area contributed by atoms with Crippen LogP contribution in [0.15, 0.2) is 95.8 Å². The van der Waals surface area contributed by atoms with Crippen LogP contribution >= 0.6 is 0 Å². The lowest BCUT2D eigenvalue weighted by atomic mass is 9.88. The van der Waals surface area contributed by atoms with Crippen molar-refractivity contribution in [1.29, 1.82) is 0 Å². The molecule has 4 aromatic rings. The lowest BCUT2D eigenvalue weighted by Gasteiger charge is -2.18. The average molecular weight is 529 g/mol. The quantitative estimate of drug-likeness (QED) is 0.159. The third-order valence-electron chi connectivity index (χ3n) is 6.38. The fourth-order valence-corrected chi connectivity index (χ4v) is 4.50. The molecule has 0 unspecified atom stereocenters. The molecule has 0 saturated heterocycles. The molecule has 0 fully saturated rings. The van der Waals surface area contributed by atoms with Crippen LogP contribution in [-0.2, 0) is 22.5 Å². The Hall–Kier alpha value is -4.26. The number of benzene rings is 3. The smallest absolute Gasteiger partial charge is 0.305 e. The summed E-state index contributed by atoms with van der Waals surface area (Å²) in [6.45, 7) is 2.81. The van der Waals surface area contributed by atoms with Gasteiger partial charge in [0, 0.05) is 19.0 Å². The van der Waals surface area contributed by atoms with Gasteiger partial charge in [-0.25, -0.2) is 9.07 Å². The van der Waals surface area contributed by atoms with Crippen LogP contribution < -0.4 is 10.3 Å². The predicted molar refractivity (Wildman–Crippen MR) is 148 cm³/mol. The highest BCUT2D eigenvalue weighted by atomic mass is 19.1. The topological polar surface area (TPSA) is 70.4 Å². The molecule has 6 nitrogen and oxygen atoms in total. The van der Waals surface area contributed by atoms with Gasteiger partial charge in [-0.2, -0.15) is 5.10 Å². The summed E-state index contributed by atoms with van der Waals surface area (Å²) in [5.74, 6) is -0.153. The monoisotopic (exact) mass is 528 g/mol. The molecule has 0 saturated carbocycles. The summed E-state index contributed by atoms with van der Waals surface area (Å²) in [7, 11) is 0. The van der Waals surface area contributed by atoms with Crippen LogP contribution in [0.4, 0.5) is 4.39 Å². The van der Waals surface area contributed by atoms with Gasteiger partial charge >= 0.3 is 5.97 Å². The number of hydrogen-bond acceptors (Lipinski definition) is 5. The Bertz CT molecular complexity index is 1370. The summed E-state index contributed by atoms with van der Waals surface area (Å²) in [6.07, 6.45) is 1.74. The van der Waals surface area contributed by atoms with Crippen molar-refractivity contribution in [2.75, 3.05) is 13.2 Å². The first-order valence-electron chi connectivity index (χ1n) is 13.3. The standard InChI is InChI=1S/C32H33FN2O4/c1-2-38-31(37)16-10-22-39-27-17-18-28(33)26(23-27)15-9-21-35-30(36)20-19-29(34-35)32(24-11-5-3-6-12-24)25-13-7-4-8-14-25/h3-8,11-14,17-20,23,32H,2,9-10,15-16,21-22H2,1H3. The van der Waals surface area contributed by atoms with E-state index in [-0.39, 0.29) is 29.7 Å². The predicted octanol–water partition coefficient (Wildman–Crippen LogP) is 5.92. The van der Waals surface area contributed by atoms with Crippen LogP contribution in [-0.4, -0.2) is 29.0 Å². The molecular weight excluding hydrogens is 495 g/mol. The maximum Gasteiger partial charge on any atom is 0.305 e. The summed E-state index contributed by atoms with van der Waals surface area (Å²) < 4.78 is 26.6. The molecule has 0 spiro atoms. The number of hydrogen-bond donors (Lipinski definition) is 0. The normalized spacial score (nSPS) is 10.9. The molecule has 0 aliphatic carbocycles. The number of ether oxygens (including phenoxy) is 2. The number of carbonyl (C=O) groups is 1. The van der Waals surface area contributed by atoms with E-state index in [2.05, 4.69) is 24.3 Å². The second kappa shape index (κ2) is 14.0. The molecule has 1 aromatic heterocycles. The Morgan fingerprint density at radius 2 is 1.62 bits per heavy atom. The molecular formula is C32H33FN2O4. The minimum Gasteiger partial charge on any atom is -0.494 e. The van der Waals surface area contributed by atoms with Crippen molar-refractivity contribution in [1.82, 2.24) is 9.78 Å². The second-order valence-corrected chi connectivity index (χ2v) is 9.19. The van der Waals surface area contributed by atoms with Crippen molar-refractivity contribution in [3.8, 4) is 5.75 Å². The van der Waals surface area contributed by atoms with Gasteiger partial charge in [-0.1, -0.05) is 60.7 Å². The van der Waals surface area contributed by atoms with Gasteiger partial charge in [-0.3, -0.25) is 9.59 Å². The van der Waals surface area contributed by atoms with Gasteiger partial charge < -0.3 is 9.47 Å². The number of aromatic nitrogens is 2. The summed E-state index contributed by atoms with van der Waals surface area (Å²) in [4.78, 5) is 24.1. The first-order valence-corrected chi connectivity index (χ1v) is 13.3. The van der Waals surface area contributed by atoms with E-state index in [1.807, 2.05) is 36.4 Å². The first-order chi connectivity index (χ1) is 19.0. The maximum atomic E-state index is 14.5. The molecule has 202 valence electrons. The van der Waals surface area contributed by atoms with E-state index >= 15 is 0 Å². The van der Waals surface area contributed by atoms with Crippen LogP contribution in [0, 0.1) is 5.82 Å². The average Bonchev–Trinajstić information content (AvgIpc) is 2.95. The zero-order chi connectivity index (χ0) is 27.5. The third-order valence-corrected chi connectivity index (χ3v) is 6.38. The molecule has 7 heteroatoms. The summed E-state index contributed by atoms with van der Waals surface area (Å²) in [5.41, 5.74) is 3.26. The second-order valence-electron chi connectivity index (χ2n) is 9.19. The van der Waals surface area contributed by atoms with Crippen molar-refractivity contribution < 1.29 is 18.7 Å². The van der Waals surface area contributed by atoms with E-state index in [1.54, 1.807) is 31.2 Å². The zero-order valence-electron chi connectivity index (χ0n) is 22.1. The van der Waals surface area contributed by atoms with Gasteiger partial charge in [0.15, 0.2) is 0 Å². The van der Waals surface area contributed by atoms with Crippen molar-refractivity contribution >= 4 is 5.97 Å². The molecule has 0 N–H and O–H groups in total. The first kappa shape index (κ1) is 27.8. The molecule has 0 radical (unpaired) electrons. The van der Waals surface area contributed by atoms with Crippen molar-refractivity contribution in [2.45, 2.75) is 45.1 Å². The molecule has 1 heterocycles. The minimum atomic E-state index is -0.323. The van der Waals surface area contributed by atoms with Crippen LogP contribution in [0.5, 0.6) is 5.75 Å². The molecule has 0 amide bonds. The fraction of sp³-hybridized carbons (Fsp3) is 0.281. The zero-order valence-corrected chi connectivity index (χ0v) is 22.1. The highest BCUT2D eigenvalue weighted by Gasteiger charge is 2.19. The molecule has 4 rings (SSSR count). The van der Waals surface area contributed by atoms with E-state index in [4.69, 9.17) is 14.6 Å². The Balaban J connectivity index is 1.42. The molecule has 0 aliphatic heterocycles. The van der Waals surface area contributed by atoms with Crippen molar-refractivity contribution in [2.24, 2.45) is 0 Å². The van der Waals surface area contributed by atoms with Crippen LogP contribution in [0.1, 0.15) is 54.5 Å².